The summed E-state index contributed by atoms with van der Waals surface area (Å²) in [6.07, 6.45) is 0. The molecule has 0 fully saturated rings. The molecule has 0 spiro atoms. The molecule has 0 bridgehead atoms. The van der Waals surface area contributed by atoms with Crippen molar-refractivity contribution in [1.29, 1.82) is 0 Å². The smallest absolute Gasteiger partial charge is 0.0578 e. The second-order valence-electron chi connectivity index (χ2n) is 4.11. The van der Waals surface area contributed by atoms with Gasteiger partial charge in [0.1, 0.15) is 0 Å². The first-order chi connectivity index (χ1) is 8.58. The molecular weight excluding hydrogens is 310 g/mol. The molecule has 2 rings (SSSR count). The van der Waals surface area contributed by atoms with Crippen molar-refractivity contribution < 1.29 is 4.21 Å². The lowest BCUT2D eigenvalue weighted by molar-refractivity contribution is 0.682. The number of hydrogen-bond donors (Lipinski definition) is 1. The second kappa shape index (κ2) is 5.67. The topological polar surface area (TPSA) is 43.1 Å². The zero-order valence-corrected chi connectivity index (χ0v) is 12.4. The van der Waals surface area contributed by atoms with Gasteiger partial charge in [0, 0.05) is 15.1 Å². The Morgan fingerprint density at radius 2 is 1.94 bits per heavy atom. The highest BCUT2D eigenvalue weighted by Gasteiger charge is 2.10. The van der Waals surface area contributed by atoms with E-state index in [1.807, 2.05) is 43.3 Å². The summed E-state index contributed by atoms with van der Waals surface area (Å²) in [5.41, 5.74) is 8.44. The minimum Gasteiger partial charge on any atom is -0.399 e. The molecule has 1 atom stereocenters. The van der Waals surface area contributed by atoms with Gasteiger partial charge in [0.15, 0.2) is 0 Å². The van der Waals surface area contributed by atoms with Crippen LogP contribution in [0, 0.1) is 6.92 Å². The van der Waals surface area contributed by atoms with Gasteiger partial charge in [0.2, 0.25) is 0 Å². The summed E-state index contributed by atoms with van der Waals surface area (Å²) in [5, 5.41) is 0. The monoisotopic (exact) mass is 323 g/mol. The Hall–Kier alpha value is -1.13. The van der Waals surface area contributed by atoms with Crippen molar-refractivity contribution in [3.05, 3.63) is 58.1 Å². The Labute approximate surface area is 118 Å². The van der Waals surface area contributed by atoms with E-state index >= 15 is 0 Å². The second-order valence-corrected chi connectivity index (χ2v) is 6.38. The number of nitrogen functional groups attached to an aromatic ring is 1. The number of halogens is 1. The molecule has 0 aromatic heterocycles. The van der Waals surface area contributed by atoms with Crippen molar-refractivity contribution in [3.63, 3.8) is 0 Å². The van der Waals surface area contributed by atoms with E-state index < -0.39 is 10.8 Å². The van der Waals surface area contributed by atoms with E-state index in [0.717, 1.165) is 20.5 Å². The molecule has 0 radical (unpaired) electrons. The van der Waals surface area contributed by atoms with Crippen LogP contribution in [-0.4, -0.2) is 4.21 Å². The number of nitrogens with two attached hydrogens (primary N) is 1. The Kier molecular flexibility index (Phi) is 4.19. The van der Waals surface area contributed by atoms with Gasteiger partial charge in [-0.15, -0.1) is 0 Å². The van der Waals surface area contributed by atoms with Crippen LogP contribution in [0.25, 0.3) is 0 Å². The van der Waals surface area contributed by atoms with Gasteiger partial charge in [-0.1, -0.05) is 40.2 Å². The van der Waals surface area contributed by atoms with Gasteiger partial charge in [0.05, 0.1) is 16.6 Å². The molecule has 0 aliphatic heterocycles. The van der Waals surface area contributed by atoms with Gasteiger partial charge in [-0.2, -0.15) is 0 Å². The molecular formula is C14H14BrNOS. The standard InChI is InChI=1S/C14H14BrNOS/c1-10-6-7-12(16)8-14(10)18(17)9-11-4-2-3-5-13(11)15/h2-8H,9,16H2,1H3. The van der Waals surface area contributed by atoms with Crippen LogP contribution in [0.15, 0.2) is 51.8 Å². The van der Waals surface area contributed by atoms with E-state index in [0.29, 0.717) is 11.4 Å². The van der Waals surface area contributed by atoms with Crippen molar-refractivity contribution in [2.75, 3.05) is 5.73 Å². The zero-order valence-electron chi connectivity index (χ0n) is 10.0. The summed E-state index contributed by atoms with van der Waals surface area (Å²) < 4.78 is 13.4. The largest absolute Gasteiger partial charge is 0.399 e. The molecule has 2 aromatic carbocycles. The fourth-order valence-electron chi connectivity index (χ4n) is 1.70. The summed E-state index contributed by atoms with van der Waals surface area (Å²) in [6.45, 7) is 1.95. The van der Waals surface area contributed by atoms with Gasteiger partial charge in [0.25, 0.3) is 0 Å². The van der Waals surface area contributed by atoms with E-state index in [4.69, 9.17) is 5.73 Å². The van der Waals surface area contributed by atoms with Crippen molar-refractivity contribution in [3.8, 4) is 0 Å². The molecule has 2 aromatic rings. The molecule has 2 nitrogen and oxygen atoms in total. The first-order valence-corrected chi connectivity index (χ1v) is 7.67. The third kappa shape index (κ3) is 3.00. The van der Waals surface area contributed by atoms with Crippen LogP contribution in [0.3, 0.4) is 0 Å². The maximum absolute atomic E-state index is 12.4. The minimum atomic E-state index is -1.08. The molecule has 1 unspecified atom stereocenters. The highest BCUT2D eigenvalue weighted by atomic mass is 79.9. The van der Waals surface area contributed by atoms with Gasteiger partial charge in [-0.3, -0.25) is 4.21 Å². The molecule has 4 heteroatoms. The fourth-order valence-corrected chi connectivity index (χ4v) is 3.69. The average molecular weight is 324 g/mol. The van der Waals surface area contributed by atoms with E-state index in [-0.39, 0.29) is 0 Å². The van der Waals surface area contributed by atoms with Crippen LogP contribution in [0.5, 0.6) is 0 Å². The molecule has 0 aliphatic rings. The summed E-state index contributed by atoms with van der Waals surface area (Å²) in [6, 6.07) is 13.4. The molecule has 0 saturated carbocycles. The summed E-state index contributed by atoms with van der Waals surface area (Å²) in [5.74, 6) is 0.492. The minimum absolute atomic E-state index is 0.492. The van der Waals surface area contributed by atoms with Crippen LogP contribution in [0.2, 0.25) is 0 Å². The summed E-state index contributed by atoms with van der Waals surface area (Å²) in [7, 11) is -1.08. The summed E-state index contributed by atoms with van der Waals surface area (Å²) >= 11 is 3.47. The number of anilines is 1. The van der Waals surface area contributed by atoms with Gasteiger partial charge in [-0.05, 0) is 36.2 Å². The van der Waals surface area contributed by atoms with Gasteiger partial charge >= 0.3 is 0 Å². The first-order valence-electron chi connectivity index (χ1n) is 5.56. The Balaban J connectivity index is 2.28. The highest BCUT2D eigenvalue weighted by Crippen LogP contribution is 2.23. The van der Waals surface area contributed by atoms with E-state index in [1.165, 1.54) is 0 Å². The third-order valence-corrected chi connectivity index (χ3v) is 4.98. The average Bonchev–Trinajstić information content (AvgIpc) is 2.35. The van der Waals surface area contributed by atoms with E-state index in [9.17, 15) is 4.21 Å². The maximum atomic E-state index is 12.4. The number of aryl methyl sites for hydroxylation is 1. The molecule has 18 heavy (non-hydrogen) atoms. The predicted octanol–water partition coefficient (Wildman–Crippen LogP) is 3.65. The normalized spacial score (nSPS) is 12.3. The Morgan fingerprint density at radius 1 is 1.22 bits per heavy atom. The van der Waals surface area contributed by atoms with E-state index in [2.05, 4.69) is 15.9 Å². The Morgan fingerprint density at radius 3 is 2.67 bits per heavy atom. The van der Waals surface area contributed by atoms with Crippen molar-refractivity contribution in [1.82, 2.24) is 0 Å². The molecule has 0 amide bonds. The molecule has 2 N–H and O–H groups in total. The number of benzene rings is 2. The highest BCUT2D eigenvalue weighted by molar-refractivity contribution is 9.10. The fraction of sp³-hybridized carbons (Fsp3) is 0.143. The van der Waals surface area contributed by atoms with Crippen LogP contribution < -0.4 is 5.73 Å². The summed E-state index contributed by atoms with van der Waals surface area (Å²) in [4.78, 5) is 0.811. The lowest BCUT2D eigenvalue weighted by atomic mass is 10.2. The SMILES string of the molecule is Cc1ccc(N)cc1S(=O)Cc1ccccc1Br. The molecule has 94 valence electrons. The lowest BCUT2D eigenvalue weighted by Crippen LogP contribution is -2.00. The first kappa shape index (κ1) is 13.3. The zero-order chi connectivity index (χ0) is 13.1. The molecule has 0 aliphatic carbocycles. The van der Waals surface area contributed by atoms with Crippen molar-refractivity contribution >= 4 is 32.4 Å². The van der Waals surface area contributed by atoms with Crippen LogP contribution >= 0.6 is 15.9 Å². The lowest BCUT2D eigenvalue weighted by Gasteiger charge is -2.08. The maximum Gasteiger partial charge on any atom is 0.0578 e. The molecule has 0 heterocycles. The number of rotatable bonds is 3. The van der Waals surface area contributed by atoms with Crippen molar-refractivity contribution in [2.24, 2.45) is 0 Å². The van der Waals surface area contributed by atoms with Crippen molar-refractivity contribution in [2.45, 2.75) is 17.6 Å². The van der Waals surface area contributed by atoms with Crippen LogP contribution in [-0.2, 0) is 16.6 Å². The van der Waals surface area contributed by atoms with Gasteiger partial charge in [-0.25, -0.2) is 0 Å². The predicted molar refractivity (Wildman–Crippen MR) is 79.8 cm³/mol. The van der Waals surface area contributed by atoms with Gasteiger partial charge < -0.3 is 5.73 Å². The van der Waals surface area contributed by atoms with E-state index in [1.54, 1.807) is 6.07 Å². The Bertz CT molecular complexity index is 598. The quantitative estimate of drug-likeness (QED) is 0.876. The number of hydrogen-bond acceptors (Lipinski definition) is 2. The van der Waals surface area contributed by atoms with Crippen LogP contribution in [0.4, 0.5) is 5.69 Å². The van der Waals surface area contributed by atoms with Crippen LogP contribution in [0.1, 0.15) is 11.1 Å². The molecule has 0 saturated heterocycles. The third-order valence-electron chi connectivity index (χ3n) is 2.70.